The summed E-state index contributed by atoms with van der Waals surface area (Å²) in [5.74, 6) is -0.255. The van der Waals surface area contributed by atoms with Crippen LogP contribution in [0.1, 0.15) is 54.4 Å². The molecule has 0 aliphatic carbocycles. The molecule has 84 valence electrons. The van der Waals surface area contributed by atoms with Gasteiger partial charge in [-0.15, -0.1) is 0 Å². The van der Waals surface area contributed by atoms with E-state index in [1.807, 2.05) is 0 Å². The van der Waals surface area contributed by atoms with Gasteiger partial charge in [0.2, 0.25) is 0 Å². The van der Waals surface area contributed by atoms with Crippen molar-refractivity contribution >= 4 is 5.97 Å². The summed E-state index contributed by atoms with van der Waals surface area (Å²) in [4.78, 5) is 10.6. The Hall–Kier alpha value is -0.530. The van der Waals surface area contributed by atoms with Crippen molar-refractivity contribution in [3.63, 3.8) is 0 Å². The Kier molecular flexibility index (Phi) is 4.16. The third-order valence-electron chi connectivity index (χ3n) is 2.74. The lowest BCUT2D eigenvalue weighted by Gasteiger charge is -2.40. The maximum atomic E-state index is 10.6. The molecule has 0 aliphatic heterocycles. The normalized spacial score (nSPS) is 13.4. The maximum absolute atomic E-state index is 10.6. The largest absolute Gasteiger partial charge is 0.481 e. The molecule has 0 aliphatic rings. The average Bonchev–Trinajstić information content (AvgIpc) is 1.78. The lowest BCUT2D eigenvalue weighted by atomic mass is 9.65. The van der Waals surface area contributed by atoms with Crippen LogP contribution in [0.4, 0.5) is 0 Å². The Bertz CT molecular complexity index is 179. The summed E-state index contributed by atoms with van der Waals surface area (Å²) in [6.07, 6.45) is 1.04. The molecule has 0 rings (SSSR count). The highest BCUT2D eigenvalue weighted by molar-refractivity contribution is 5.66. The monoisotopic (exact) mass is 200 g/mol. The summed E-state index contributed by atoms with van der Waals surface area (Å²) >= 11 is 0. The number of hydrogen-bond donors (Lipinski definition) is 1. The Morgan fingerprint density at radius 2 is 1.43 bits per heavy atom. The van der Waals surface area contributed by atoms with E-state index >= 15 is 0 Å². The highest BCUT2D eigenvalue weighted by Crippen LogP contribution is 2.42. The zero-order valence-electron chi connectivity index (χ0n) is 10.3. The molecule has 0 saturated carbocycles. The molecule has 1 N–H and O–H groups in total. The van der Waals surface area contributed by atoms with Crippen LogP contribution >= 0.6 is 0 Å². The van der Waals surface area contributed by atoms with Gasteiger partial charge in [0.25, 0.3) is 0 Å². The number of hydrogen-bond acceptors (Lipinski definition) is 1. The van der Waals surface area contributed by atoms with Gasteiger partial charge in [0, 0.05) is 6.42 Å². The molecule has 2 nitrogen and oxygen atoms in total. The van der Waals surface area contributed by atoms with Crippen molar-refractivity contribution in [2.45, 2.75) is 54.4 Å². The van der Waals surface area contributed by atoms with E-state index < -0.39 is 5.97 Å². The van der Waals surface area contributed by atoms with Gasteiger partial charge in [-0.3, -0.25) is 4.79 Å². The predicted octanol–water partition coefficient (Wildman–Crippen LogP) is 3.56. The molecule has 0 aromatic heterocycles. The van der Waals surface area contributed by atoms with Gasteiger partial charge in [0.05, 0.1) is 0 Å². The third-order valence-corrected chi connectivity index (χ3v) is 2.74. The standard InChI is InChI=1S/C12H24O2/c1-11(2,3)9(12(4,5)6)7-8-10(13)14/h9H,7-8H2,1-6H3,(H,13,14). The van der Waals surface area contributed by atoms with Crippen LogP contribution < -0.4 is 0 Å². The molecule has 0 unspecified atom stereocenters. The van der Waals surface area contributed by atoms with Crippen LogP contribution in [0.3, 0.4) is 0 Å². The molecule has 0 fully saturated rings. The van der Waals surface area contributed by atoms with Gasteiger partial charge in [-0.25, -0.2) is 0 Å². The summed E-state index contributed by atoms with van der Waals surface area (Å²) in [7, 11) is 0. The van der Waals surface area contributed by atoms with Gasteiger partial charge < -0.3 is 5.11 Å². The fourth-order valence-corrected chi connectivity index (χ4v) is 2.43. The van der Waals surface area contributed by atoms with Gasteiger partial charge in [-0.05, 0) is 23.2 Å². The van der Waals surface area contributed by atoms with Crippen LogP contribution in [0, 0.1) is 16.7 Å². The van der Waals surface area contributed by atoms with E-state index in [2.05, 4.69) is 41.5 Å². The fraction of sp³-hybridized carbons (Fsp3) is 0.917. The number of carboxylic acid groups (broad SMARTS) is 1. The summed E-state index contributed by atoms with van der Waals surface area (Å²) in [6, 6.07) is 0. The number of carboxylic acids is 1. The first kappa shape index (κ1) is 13.5. The molecule has 0 amide bonds. The topological polar surface area (TPSA) is 37.3 Å². The van der Waals surface area contributed by atoms with Crippen LogP contribution in [0.5, 0.6) is 0 Å². The molecule has 0 saturated heterocycles. The molecule has 0 bridgehead atoms. The van der Waals surface area contributed by atoms with Crippen molar-refractivity contribution in [3.8, 4) is 0 Å². The zero-order valence-corrected chi connectivity index (χ0v) is 10.3. The molecular formula is C12H24O2. The number of carbonyl (C=O) groups is 1. The number of aliphatic carboxylic acids is 1. The van der Waals surface area contributed by atoms with Crippen molar-refractivity contribution in [1.82, 2.24) is 0 Å². The first-order valence-electron chi connectivity index (χ1n) is 5.27. The van der Waals surface area contributed by atoms with Crippen molar-refractivity contribution < 1.29 is 9.90 Å². The van der Waals surface area contributed by atoms with Gasteiger partial charge in [0.15, 0.2) is 0 Å². The van der Waals surface area contributed by atoms with E-state index in [1.54, 1.807) is 0 Å². The molecule has 0 radical (unpaired) electrons. The molecule has 14 heavy (non-hydrogen) atoms. The van der Waals surface area contributed by atoms with E-state index in [1.165, 1.54) is 0 Å². The van der Waals surface area contributed by atoms with Crippen molar-refractivity contribution in [1.29, 1.82) is 0 Å². The fourth-order valence-electron chi connectivity index (χ4n) is 2.43. The van der Waals surface area contributed by atoms with E-state index in [0.29, 0.717) is 5.92 Å². The first-order valence-corrected chi connectivity index (χ1v) is 5.27. The summed E-state index contributed by atoms with van der Waals surface area (Å²) in [5.41, 5.74) is 0.349. The Morgan fingerprint density at radius 1 is 1.07 bits per heavy atom. The molecule has 0 heterocycles. The summed E-state index contributed by atoms with van der Waals surface area (Å²) in [5, 5.41) is 8.69. The minimum atomic E-state index is -0.691. The van der Waals surface area contributed by atoms with Crippen LogP contribution in [0.2, 0.25) is 0 Å². The quantitative estimate of drug-likeness (QED) is 0.756. The molecule has 0 spiro atoms. The van der Waals surface area contributed by atoms with E-state index in [0.717, 1.165) is 6.42 Å². The van der Waals surface area contributed by atoms with Crippen molar-refractivity contribution in [2.24, 2.45) is 16.7 Å². The van der Waals surface area contributed by atoms with E-state index in [9.17, 15) is 4.79 Å². The highest BCUT2D eigenvalue weighted by Gasteiger charge is 2.34. The van der Waals surface area contributed by atoms with Crippen molar-refractivity contribution in [2.75, 3.05) is 0 Å². The maximum Gasteiger partial charge on any atom is 0.303 e. The third kappa shape index (κ3) is 4.64. The molecule has 0 aromatic carbocycles. The molecule has 2 heteroatoms. The molecule has 0 aromatic rings. The molecule has 0 atom stereocenters. The summed E-state index contributed by atoms with van der Waals surface area (Å²) in [6.45, 7) is 13.1. The Balaban J connectivity index is 4.51. The Morgan fingerprint density at radius 3 is 1.64 bits per heavy atom. The minimum absolute atomic E-state index is 0.174. The average molecular weight is 200 g/mol. The van der Waals surface area contributed by atoms with Gasteiger partial charge in [-0.2, -0.15) is 0 Å². The minimum Gasteiger partial charge on any atom is -0.481 e. The predicted molar refractivity (Wildman–Crippen MR) is 59.3 cm³/mol. The van der Waals surface area contributed by atoms with E-state index in [-0.39, 0.29) is 17.3 Å². The lowest BCUT2D eigenvalue weighted by Crippen LogP contribution is -2.33. The smallest absolute Gasteiger partial charge is 0.303 e. The molecular weight excluding hydrogens is 176 g/mol. The second kappa shape index (κ2) is 4.33. The number of rotatable bonds is 3. The van der Waals surface area contributed by atoms with Crippen LogP contribution in [-0.4, -0.2) is 11.1 Å². The van der Waals surface area contributed by atoms with Crippen molar-refractivity contribution in [3.05, 3.63) is 0 Å². The lowest BCUT2D eigenvalue weighted by molar-refractivity contribution is -0.137. The summed E-state index contributed by atoms with van der Waals surface area (Å²) < 4.78 is 0. The van der Waals surface area contributed by atoms with Gasteiger partial charge in [-0.1, -0.05) is 41.5 Å². The second-order valence-electron chi connectivity index (χ2n) is 6.22. The SMILES string of the molecule is CC(C)(C)C(CCC(=O)O)C(C)(C)C. The van der Waals surface area contributed by atoms with Gasteiger partial charge in [0.1, 0.15) is 0 Å². The van der Waals surface area contributed by atoms with Crippen LogP contribution in [0.15, 0.2) is 0 Å². The zero-order chi connectivity index (χ0) is 11.6. The highest BCUT2D eigenvalue weighted by atomic mass is 16.4. The van der Waals surface area contributed by atoms with Crippen LogP contribution in [-0.2, 0) is 4.79 Å². The van der Waals surface area contributed by atoms with E-state index in [4.69, 9.17) is 5.11 Å². The second-order valence-corrected chi connectivity index (χ2v) is 6.22. The first-order chi connectivity index (χ1) is 6.05. The Labute approximate surface area is 87.7 Å². The van der Waals surface area contributed by atoms with Crippen LogP contribution in [0.25, 0.3) is 0 Å². The van der Waals surface area contributed by atoms with Gasteiger partial charge >= 0.3 is 5.97 Å².